The number of hydrogen-bond donors (Lipinski definition) is 2. The van der Waals surface area contributed by atoms with Gasteiger partial charge in [0.2, 0.25) is 5.88 Å². The van der Waals surface area contributed by atoms with Gasteiger partial charge in [0.1, 0.15) is 6.10 Å². The molecule has 0 aromatic carbocycles. The topological polar surface area (TPSA) is 89.1 Å². The summed E-state index contributed by atoms with van der Waals surface area (Å²) >= 11 is 0. The molecule has 24 heavy (non-hydrogen) atoms. The molecule has 0 radical (unpaired) electrons. The predicted octanol–water partition coefficient (Wildman–Crippen LogP) is 1.56. The Morgan fingerprint density at radius 2 is 2.33 bits per heavy atom. The molecule has 2 N–H and O–H groups in total. The number of nitrogens with one attached hydrogen (secondary N) is 2. The Morgan fingerprint density at radius 3 is 3.12 bits per heavy atom. The van der Waals surface area contributed by atoms with Crippen molar-refractivity contribution in [2.75, 3.05) is 13.7 Å². The molecule has 1 aliphatic heterocycles. The van der Waals surface area contributed by atoms with Gasteiger partial charge in [-0.3, -0.25) is 9.89 Å². The first-order valence-corrected chi connectivity index (χ1v) is 8.25. The van der Waals surface area contributed by atoms with Crippen LogP contribution in [0.4, 0.5) is 0 Å². The standard InChI is InChI=1S/C17H20N4O3/c1-23-14-6-5-10(9-18-14)16-13(7-8-24-16)19-17(22)15-11-3-2-4-12(11)20-21-15/h5-6,9,13,16H,2-4,7-8H2,1H3,(H,19,22)(H,20,21)/t13-,16+/m0/s1. The predicted molar refractivity (Wildman–Crippen MR) is 86.0 cm³/mol. The first-order valence-electron chi connectivity index (χ1n) is 8.25. The summed E-state index contributed by atoms with van der Waals surface area (Å²) in [6.07, 6.45) is 5.29. The van der Waals surface area contributed by atoms with Gasteiger partial charge in [0.05, 0.1) is 13.2 Å². The second-order valence-corrected chi connectivity index (χ2v) is 6.18. The second kappa shape index (κ2) is 6.24. The molecule has 2 aromatic heterocycles. The number of aromatic amines is 1. The molecule has 2 aliphatic rings. The number of nitrogens with zero attached hydrogens (tertiary/aromatic N) is 2. The van der Waals surface area contributed by atoms with E-state index >= 15 is 0 Å². The minimum absolute atomic E-state index is 0.0820. The van der Waals surface area contributed by atoms with Gasteiger partial charge in [0.15, 0.2) is 5.69 Å². The zero-order valence-electron chi connectivity index (χ0n) is 13.5. The van der Waals surface area contributed by atoms with Crippen molar-refractivity contribution < 1.29 is 14.3 Å². The molecule has 1 aliphatic carbocycles. The number of carbonyl (C=O) groups excluding carboxylic acids is 1. The van der Waals surface area contributed by atoms with Gasteiger partial charge in [-0.1, -0.05) is 0 Å². The van der Waals surface area contributed by atoms with Crippen LogP contribution in [0.25, 0.3) is 0 Å². The van der Waals surface area contributed by atoms with Gasteiger partial charge in [-0.25, -0.2) is 4.98 Å². The molecule has 4 rings (SSSR count). The Morgan fingerprint density at radius 1 is 1.42 bits per heavy atom. The van der Waals surface area contributed by atoms with Crippen LogP contribution in [0.3, 0.4) is 0 Å². The number of ether oxygens (including phenoxy) is 2. The fraction of sp³-hybridized carbons (Fsp3) is 0.471. The molecule has 0 saturated carbocycles. The first-order chi connectivity index (χ1) is 11.8. The summed E-state index contributed by atoms with van der Waals surface area (Å²) in [6.45, 7) is 0.611. The second-order valence-electron chi connectivity index (χ2n) is 6.18. The highest BCUT2D eigenvalue weighted by molar-refractivity contribution is 5.94. The Kier molecular flexibility index (Phi) is 3.93. The van der Waals surface area contributed by atoms with Crippen LogP contribution in [0.15, 0.2) is 18.3 Å². The normalized spacial score (nSPS) is 22.4. The Balaban J connectivity index is 1.49. The van der Waals surface area contributed by atoms with E-state index in [0.717, 1.165) is 42.5 Å². The zero-order valence-corrected chi connectivity index (χ0v) is 13.5. The molecule has 0 unspecified atom stereocenters. The maximum absolute atomic E-state index is 12.6. The average Bonchev–Trinajstić information content (AvgIpc) is 3.31. The summed E-state index contributed by atoms with van der Waals surface area (Å²) in [6, 6.07) is 3.64. The van der Waals surface area contributed by atoms with Gasteiger partial charge < -0.3 is 14.8 Å². The Labute approximate surface area is 139 Å². The molecule has 1 fully saturated rings. The molecule has 2 atom stereocenters. The van der Waals surface area contributed by atoms with Gasteiger partial charge in [-0.05, 0) is 31.7 Å². The quantitative estimate of drug-likeness (QED) is 0.889. The summed E-state index contributed by atoms with van der Waals surface area (Å²) < 4.78 is 10.9. The third-order valence-corrected chi connectivity index (χ3v) is 4.73. The van der Waals surface area contributed by atoms with Crippen molar-refractivity contribution >= 4 is 5.91 Å². The molecule has 0 spiro atoms. The number of rotatable bonds is 4. The van der Waals surface area contributed by atoms with Crippen molar-refractivity contribution in [1.29, 1.82) is 0 Å². The van der Waals surface area contributed by atoms with Crippen LogP contribution in [0.1, 0.15) is 46.3 Å². The maximum atomic E-state index is 12.6. The number of pyridine rings is 1. The van der Waals surface area contributed by atoms with Gasteiger partial charge in [-0.2, -0.15) is 5.10 Å². The molecule has 0 bridgehead atoms. The van der Waals surface area contributed by atoms with E-state index in [2.05, 4.69) is 20.5 Å². The van der Waals surface area contributed by atoms with E-state index in [4.69, 9.17) is 9.47 Å². The Bertz CT molecular complexity index is 741. The summed E-state index contributed by atoms with van der Waals surface area (Å²) in [4.78, 5) is 16.8. The molecular weight excluding hydrogens is 308 g/mol. The minimum atomic E-state index is -0.195. The third-order valence-electron chi connectivity index (χ3n) is 4.73. The summed E-state index contributed by atoms with van der Waals surface area (Å²) in [5.41, 5.74) is 3.62. The minimum Gasteiger partial charge on any atom is -0.481 e. The number of methoxy groups -OCH3 is 1. The van der Waals surface area contributed by atoms with E-state index in [9.17, 15) is 4.79 Å². The molecule has 126 valence electrons. The lowest BCUT2D eigenvalue weighted by molar-refractivity contribution is 0.0816. The highest BCUT2D eigenvalue weighted by Crippen LogP contribution is 2.30. The van der Waals surface area contributed by atoms with Crippen LogP contribution >= 0.6 is 0 Å². The smallest absolute Gasteiger partial charge is 0.272 e. The van der Waals surface area contributed by atoms with Crippen LogP contribution in [0, 0.1) is 0 Å². The fourth-order valence-electron chi connectivity index (χ4n) is 3.49. The monoisotopic (exact) mass is 328 g/mol. The lowest BCUT2D eigenvalue weighted by Crippen LogP contribution is -2.37. The van der Waals surface area contributed by atoms with Gasteiger partial charge in [-0.15, -0.1) is 0 Å². The van der Waals surface area contributed by atoms with E-state index in [0.29, 0.717) is 18.2 Å². The van der Waals surface area contributed by atoms with Crippen LogP contribution in [0.5, 0.6) is 5.88 Å². The third kappa shape index (κ3) is 2.65. The highest BCUT2D eigenvalue weighted by atomic mass is 16.5. The van der Waals surface area contributed by atoms with E-state index in [1.54, 1.807) is 19.4 Å². The first kappa shape index (κ1) is 15.1. The highest BCUT2D eigenvalue weighted by Gasteiger charge is 2.33. The van der Waals surface area contributed by atoms with E-state index in [1.807, 2.05) is 6.07 Å². The summed E-state index contributed by atoms with van der Waals surface area (Å²) in [7, 11) is 1.58. The number of H-pyrrole nitrogens is 1. The summed E-state index contributed by atoms with van der Waals surface area (Å²) in [5.74, 6) is 0.431. The molecule has 1 saturated heterocycles. The van der Waals surface area contributed by atoms with Crippen LogP contribution in [0.2, 0.25) is 0 Å². The number of aromatic nitrogens is 3. The lowest BCUT2D eigenvalue weighted by atomic mass is 10.0. The average molecular weight is 328 g/mol. The van der Waals surface area contributed by atoms with Crippen molar-refractivity contribution in [3.05, 3.63) is 40.8 Å². The Hall–Kier alpha value is -2.41. The molecule has 3 heterocycles. The number of amides is 1. The molecule has 1 amide bonds. The fourth-order valence-corrected chi connectivity index (χ4v) is 3.49. The van der Waals surface area contributed by atoms with Crippen molar-refractivity contribution in [2.24, 2.45) is 0 Å². The van der Waals surface area contributed by atoms with Crippen molar-refractivity contribution in [3.8, 4) is 5.88 Å². The number of carbonyl (C=O) groups is 1. The largest absolute Gasteiger partial charge is 0.481 e. The van der Waals surface area contributed by atoms with Crippen LogP contribution in [-0.4, -0.2) is 40.8 Å². The maximum Gasteiger partial charge on any atom is 0.272 e. The zero-order chi connectivity index (χ0) is 16.5. The van der Waals surface area contributed by atoms with Gasteiger partial charge in [0, 0.05) is 35.7 Å². The number of hydrogen-bond acceptors (Lipinski definition) is 5. The van der Waals surface area contributed by atoms with Gasteiger partial charge >= 0.3 is 0 Å². The van der Waals surface area contributed by atoms with E-state index in [1.165, 1.54) is 0 Å². The number of aryl methyl sites for hydroxylation is 1. The van der Waals surface area contributed by atoms with E-state index in [-0.39, 0.29) is 18.1 Å². The van der Waals surface area contributed by atoms with Crippen LogP contribution < -0.4 is 10.1 Å². The molecule has 7 nitrogen and oxygen atoms in total. The van der Waals surface area contributed by atoms with Crippen LogP contribution in [-0.2, 0) is 17.6 Å². The molecule has 7 heteroatoms. The molecular formula is C17H20N4O3. The molecule has 2 aromatic rings. The van der Waals surface area contributed by atoms with E-state index < -0.39 is 0 Å². The summed E-state index contributed by atoms with van der Waals surface area (Å²) in [5, 5.41) is 10.3. The van der Waals surface area contributed by atoms with Crippen molar-refractivity contribution in [2.45, 2.75) is 37.8 Å². The SMILES string of the molecule is COc1ccc([C@H]2OCC[C@@H]2NC(=O)c2n[nH]c3c2CCC3)cn1. The number of fused-ring (bicyclic) bond motifs is 1. The lowest BCUT2D eigenvalue weighted by Gasteiger charge is -2.20. The van der Waals surface area contributed by atoms with Gasteiger partial charge in [0.25, 0.3) is 5.91 Å². The van der Waals surface area contributed by atoms with Crippen molar-refractivity contribution in [3.63, 3.8) is 0 Å². The van der Waals surface area contributed by atoms with Crippen molar-refractivity contribution in [1.82, 2.24) is 20.5 Å².